The van der Waals surface area contributed by atoms with Crippen LogP contribution in [0.5, 0.6) is 0 Å². The molecule has 4 rings (SSSR count). The van der Waals surface area contributed by atoms with Crippen LogP contribution in [0.4, 0.5) is 4.79 Å². The zero-order valence-electron chi connectivity index (χ0n) is 23.8. The van der Waals surface area contributed by atoms with Crippen LogP contribution in [0, 0.1) is 5.41 Å². The highest BCUT2D eigenvalue weighted by Crippen LogP contribution is 2.44. The Balaban J connectivity index is 1.45. The fourth-order valence-electron chi connectivity index (χ4n) is 5.31. The minimum Gasteiger partial charge on any atom is -0.481 e. The summed E-state index contributed by atoms with van der Waals surface area (Å²) < 4.78 is 11.6. The van der Waals surface area contributed by atoms with Crippen LogP contribution < -0.4 is 10.6 Å². The smallest absolute Gasteiger partial charge is 0.407 e. The molecule has 3 aromatic carbocycles. The number of amides is 2. The molecule has 0 aromatic heterocycles. The van der Waals surface area contributed by atoms with Gasteiger partial charge in [-0.2, -0.15) is 0 Å². The highest BCUT2D eigenvalue weighted by Gasteiger charge is 2.37. The van der Waals surface area contributed by atoms with Gasteiger partial charge >= 0.3 is 12.1 Å². The molecule has 0 aliphatic heterocycles. The van der Waals surface area contributed by atoms with Gasteiger partial charge in [-0.25, -0.2) is 4.79 Å². The Morgan fingerprint density at radius 3 is 2.00 bits per heavy atom. The molecule has 2 atom stereocenters. The number of ether oxygens (including phenoxy) is 2. The molecule has 8 heteroatoms. The average Bonchev–Trinajstić information content (AvgIpc) is 3.32. The van der Waals surface area contributed by atoms with E-state index in [-0.39, 0.29) is 25.7 Å². The molecule has 0 heterocycles. The quantitative estimate of drug-likeness (QED) is 0.255. The van der Waals surface area contributed by atoms with Crippen LogP contribution in [0.3, 0.4) is 0 Å². The number of nitrogens with one attached hydrogen (secondary N) is 2. The van der Waals surface area contributed by atoms with E-state index in [1.54, 1.807) is 20.8 Å². The number of benzene rings is 3. The van der Waals surface area contributed by atoms with E-state index in [4.69, 9.17) is 9.47 Å². The Morgan fingerprint density at radius 1 is 0.878 bits per heavy atom. The highest BCUT2D eigenvalue weighted by molar-refractivity contribution is 5.87. The van der Waals surface area contributed by atoms with Crippen molar-refractivity contribution in [3.8, 4) is 11.1 Å². The molecule has 8 nitrogen and oxygen atoms in total. The van der Waals surface area contributed by atoms with Crippen molar-refractivity contribution >= 4 is 18.0 Å². The second kappa shape index (κ2) is 13.5. The summed E-state index contributed by atoms with van der Waals surface area (Å²) in [6.07, 6.45) is -0.774. The van der Waals surface area contributed by atoms with Crippen molar-refractivity contribution in [3.63, 3.8) is 0 Å². The van der Waals surface area contributed by atoms with Crippen LogP contribution in [0.25, 0.3) is 11.1 Å². The lowest BCUT2D eigenvalue weighted by Gasteiger charge is -2.29. The van der Waals surface area contributed by atoms with E-state index in [1.807, 2.05) is 66.7 Å². The van der Waals surface area contributed by atoms with Crippen LogP contribution in [-0.4, -0.2) is 48.4 Å². The van der Waals surface area contributed by atoms with E-state index < -0.39 is 35.5 Å². The lowest BCUT2D eigenvalue weighted by atomic mass is 9.82. The number of hydrogen-bond donors (Lipinski definition) is 3. The van der Waals surface area contributed by atoms with Crippen molar-refractivity contribution in [2.75, 3.05) is 13.2 Å². The maximum Gasteiger partial charge on any atom is 0.407 e. The third-order valence-electron chi connectivity index (χ3n) is 8.13. The maximum absolute atomic E-state index is 13.4. The first kappa shape index (κ1) is 29.8. The normalized spacial score (nSPS) is 13.9. The number of aliphatic carboxylic acids is 1. The van der Waals surface area contributed by atoms with Gasteiger partial charge in [-0.05, 0) is 47.6 Å². The SMILES string of the molecule is CCC(CC)(CNC(=O)C(NC(=O)OCC1c2ccccc2-c2ccccc21)C(C)OCc1ccccc1)C(=O)O. The molecular formula is C33H38N2O6. The van der Waals surface area contributed by atoms with E-state index in [0.29, 0.717) is 12.8 Å². The predicted octanol–water partition coefficient (Wildman–Crippen LogP) is 5.51. The summed E-state index contributed by atoms with van der Waals surface area (Å²) in [6.45, 7) is 5.52. The number of carbonyl (C=O) groups excluding carboxylic acids is 2. The summed E-state index contributed by atoms with van der Waals surface area (Å²) in [5, 5.41) is 15.2. The van der Waals surface area contributed by atoms with Gasteiger partial charge in [0.15, 0.2) is 0 Å². The number of hydrogen-bond acceptors (Lipinski definition) is 5. The van der Waals surface area contributed by atoms with Crippen LogP contribution in [-0.2, 0) is 25.7 Å². The molecule has 0 bridgehead atoms. The van der Waals surface area contributed by atoms with Crippen LogP contribution in [0.1, 0.15) is 56.2 Å². The average molecular weight is 559 g/mol. The van der Waals surface area contributed by atoms with Gasteiger partial charge in [0, 0.05) is 12.5 Å². The van der Waals surface area contributed by atoms with Gasteiger partial charge in [0.05, 0.1) is 18.1 Å². The minimum atomic E-state index is -1.10. The zero-order chi connectivity index (χ0) is 29.4. The zero-order valence-corrected chi connectivity index (χ0v) is 23.8. The standard InChI is InChI=1S/C33H38N2O6/c1-4-33(5-2,31(37)38)21-34-30(36)29(22(3)40-19-23-13-7-6-8-14-23)35-32(39)41-20-28-26-17-11-9-15-24(26)25-16-10-12-18-27(25)28/h6-18,22,28-29H,4-5,19-21H2,1-3H3,(H,34,36)(H,35,39)(H,37,38). The largest absolute Gasteiger partial charge is 0.481 e. The molecule has 3 aromatic rings. The van der Waals surface area contributed by atoms with Crippen molar-refractivity contribution < 1.29 is 29.0 Å². The lowest BCUT2D eigenvalue weighted by Crippen LogP contribution is -2.55. The Hall–Kier alpha value is -4.17. The molecule has 0 saturated carbocycles. The van der Waals surface area contributed by atoms with Gasteiger partial charge in [-0.1, -0.05) is 92.7 Å². The Kier molecular flexibility index (Phi) is 9.78. The molecule has 0 saturated heterocycles. The van der Waals surface area contributed by atoms with Crippen molar-refractivity contribution in [2.45, 2.75) is 58.3 Å². The molecule has 0 spiro atoms. The van der Waals surface area contributed by atoms with Gasteiger partial charge in [0.1, 0.15) is 12.6 Å². The van der Waals surface area contributed by atoms with Crippen LogP contribution >= 0.6 is 0 Å². The first-order chi connectivity index (χ1) is 19.8. The second-order valence-electron chi connectivity index (χ2n) is 10.5. The van der Waals surface area contributed by atoms with Crippen molar-refractivity contribution in [1.82, 2.24) is 10.6 Å². The molecule has 3 N–H and O–H groups in total. The molecule has 0 radical (unpaired) electrons. The molecule has 0 fully saturated rings. The number of alkyl carbamates (subject to hydrolysis) is 1. The molecule has 216 valence electrons. The van der Waals surface area contributed by atoms with Gasteiger partial charge in [0.2, 0.25) is 5.91 Å². The number of fused-ring (bicyclic) bond motifs is 3. The number of carboxylic acid groups (broad SMARTS) is 1. The first-order valence-corrected chi connectivity index (χ1v) is 14.1. The Bertz CT molecular complexity index is 1310. The Morgan fingerprint density at radius 2 is 1.44 bits per heavy atom. The number of carbonyl (C=O) groups is 3. The molecular weight excluding hydrogens is 520 g/mol. The Labute approximate surface area is 241 Å². The van der Waals surface area contributed by atoms with Crippen LogP contribution in [0.2, 0.25) is 0 Å². The fourth-order valence-corrected chi connectivity index (χ4v) is 5.31. The van der Waals surface area contributed by atoms with E-state index >= 15 is 0 Å². The van der Waals surface area contributed by atoms with Gasteiger partial charge in [-0.3, -0.25) is 9.59 Å². The third-order valence-corrected chi connectivity index (χ3v) is 8.13. The summed E-state index contributed by atoms with van der Waals surface area (Å²) in [6, 6.07) is 24.5. The van der Waals surface area contributed by atoms with Crippen molar-refractivity contribution in [1.29, 1.82) is 0 Å². The molecule has 2 unspecified atom stereocenters. The number of carboxylic acids is 1. The summed E-state index contributed by atoms with van der Waals surface area (Å²) in [4.78, 5) is 38.4. The van der Waals surface area contributed by atoms with E-state index in [2.05, 4.69) is 22.8 Å². The second-order valence-corrected chi connectivity index (χ2v) is 10.5. The number of rotatable bonds is 13. The summed E-state index contributed by atoms with van der Waals surface area (Å²) in [5.41, 5.74) is 4.22. The maximum atomic E-state index is 13.4. The molecule has 2 amide bonds. The van der Waals surface area contributed by atoms with E-state index in [1.165, 1.54) is 0 Å². The predicted molar refractivity (Wildman–Crippen MR) is 156 cm³/mol. The minimum absolute atomic E-state index is 0.0670. The van der Waals surface area contributed by atoms with Crippen molar-refractivity contribution in [2.24, 2.45) is 5.41 Å². The monoisotopic (exact) mass is 558 g/mol. The fraction of sp³-hybridized carbons (Fsp3) is 0.364. The third kappa shape index (κ3) is 6.77. The first-order valence-electron chi connectivity index (χ1n) is 14.1. The van der Waals surface area contributed by atoms with E-state index in [0.717, 1.165) is 27.8 Å². The van der Waals surface area contributed by atoms with Gasteiger partial charge in [-0.15, -0.1) is 0 Å². The topological polar surface area (TPSA) is 114 Å². The lowest BCUT2D eigenvalue weighted by molar-refractivity contribution is -0.149. The highest BCUT2D eigenvalue weighted by atomic mass is 16.5. The molecule has 41 heavy (non-hydrogen) atoms. The molecule has 1 aliphatic carbocycles. The summed E-state index contributed by atoms with van der Waals surface area (Å²) in [7, 11) is 0. The van der Waals surface area contributed by atoms with Gasteiger partial charge in [0.25, 0.3) is 0 Å². The molecule has 1 aliphatic rings. The van der Waals surface area contributed by atoms with Crippen molar-refractivity contribution in [3.05, 3.63) is 95.6 Å². The summed E-state index contributed by atoms with van der Waals surface area (Å²) in [5.74, 6) is -1.64. The van der Waals surface area contributed by atoms with E-state index in [9.17, 15) is 19.5 Å². The van der Waals surface area contributed by atoms with Crippen LogP contribution in [0.15, 0.2) is 78.9 Å². The summed E-state index contributed by atoms with van der Waals surface area (Å²) >= 11 is 0. The van der Waals surface area contributed by atoms with Gasteiger partial charge < -0.3 is 25.2 Å².